The fourth-order valence-corrected chi connectivity index (χ4v) is 3.61. The van der Waals surface area contributed by atoms with Gasteiger partial charge in [0.25, 0.3) is 5.91 Å². The van der Waals surface area contributed by atoms with Crippen molar-refractivity contribution in [3.05, 3.63) is 59.7 Å². The van der Waals surface area contributed by atoms with Gasteiger partial charge in [-0.05, 0) is 56.9 Å². The fraction of sp³-hybridized carbons (Fsp3) is 0.440. The second-order valence-electron chi connectivity index (χ2n) is 8.04. The lowest BCUT2D eigenvalue weighted by Gasteiger charge is -2.32. The molecule has 3 rings (SSSR count). The van der Waals surface area contributed by atoms with Crippen molar-refractivity contribution in [1.29, 1.82) is 0 Å². The highest BCUT2D eigenvalue weighted by Gasteiger charge is 2.23. The normalized spacial score (nSPS) is 14.2. The highest BCUT2D eigenvalue weighted by Crippen LogP contribution is 2.17. The molecule has 31 heavy (non-hydrogen) atoms. The zero-order valence-electron chi connectivity index (χ0n) is 18.4. The van der Waals surface area contributed by atoms with E-state index in [-0.39, 0.29) is 24.5 Å². The summed E-state index contributed by atoms with van der Waals surface area (Å²) in [4.78, 5) is 26.5. The van der Waals surface area contributed by atoms with E-state index < -0.39 is 0 Å². The summed E-state index contributed by atoms with van der Waals surface area (Å²) < 4.78 is 11.3. The fourth-order valence-electron chi connectivity index (χ4n) is 3.61. The van der Waals surface area contributed by atoms with Crippen molar-refractivity contribution in [2.24, 2.45) is 0 Å². The third kappa shape index (κ3) is 7.31. The molecule has 6 heteroatoms. The Balaban J connectivity index is 1.29. The average Bonchev–Trinajstić information content (AvgIpc) is 2.78. The molecule has 1 fully saturated rings. The molecule has 6 nitrogen and oxygen atoms in total. The van der Waals surface area contributed by atoms with Gasteiger partial charge in [-0.3, -0.25) is 9.59 Å². The number of benzene rings is 2. The molecule has 0 bridgehead atoms. The molecule has 1 saturated heterocycles. The van der Waals surface area contributed by atoms with Crippen molar-refractivity contribution >= 4 is 11.8 Å². The lowest BCUT2D eigenvalue weighted by atomic mass is 10.0. The molecule has 0 spiro atoms. The van der Waals surface area contributed by atoms with Crippen molar-refractivity contribution in [1.82, 2.24) is 10.2 Å². The van der Waals surface area contributed by atoms with E-state index >= 15 is 0 Å². The highest BCUT2D eigenvalue weighted by molar-refractivity contribution is 5.78. The first kappa shape index (κ1) is 22.7. The number of rotatable bonds is 9. The number of amides is 2. The third-order valence-corrected chi connectivity index (χ3v) is 5.49. The molecule has 0 unspecified atom stereocenters. The Bertz CT molecular complexity index is 858. The molecule has 0 saturated carbocycles. The zero-order chi connectivity index (χ0) is 22.1. The molecule has 2 aromatic carbocycles. The van der Waals surface area contributed by atoms with Gasteiger partial charge >= 0.3 is 0 Å². The van der Waals surface area contributed by atoms with Gasteiger partial charge in [0.1, 0.15) is 11.5 Å². The number of hydrogen-bond donors (Lipinski definition) is 1. The molecule has 1 aliphatic rings. The number of likely N-dealkylation sites (tertiary alicyclic amines) is 1. The monoisotopic (exact) mass is 424 g/mol. The average molecular weight is 425 g/mol. The Morgan fingerprint density at radius 1 is 1.00 bits per heavy atom. The Labute approximate surface area is 184 Å². The van der Waals surface area contributed by atoms with Gasteiger partial charge in [0.15, 0.2) is 6.61 Å². The SMILES string of the molecule is Cc1ccc(OCC(=O)NC2CCN(C(=O)CCCOc3ccccc3C)CC2)cc1. The molecule has 1 N–H and O–H groups in total. The molecule has 0 radical (unpaired) electrons. The zero-order valence-corrected chi connectivity index (χ0v) is 18.4. The van der Waals surface area contributed by atoms with Crippen molar-refractivity contribution in [3.63, 3.8) is 0 Å². The maximum absolute atomic E-state index is 12.5. The summed E-state index contributed by atoms with van der Waals surface area (Å²) in [5.41, 5.74) is 2.25. The number of piperidine rings is 1. The van der Waals surface area contributed by atoms with Crippen LogP contribution in [0.5, 0.6) is 11.5 Å². The van der Waals surface area contributed by atoms with E-state index in [2.05, 4.69) is 5.32 Å². The smallest absolute Gasteiger partial charge is 0.258 e. The Kier molecular flexibility index (Phi) is 8.33. The van der Waals surface area contributed by atoms with Crippen LogP contribution in [0.25, 0.3) is 0 Å². The Morgan fingerprint density at radius 2 is 1.71 bits per heavy atom. The van der Waals surface area contributed by atoms with Gasteiger partial charge in [-0.2, -0.15) is 0 Å². The molecular formula is C25H32N2O4. The van der Waals surface area contributed by atoms with E-state index in [0.717, 1.165) is 29.7 Å². The van der Waals surface area contributed by atoms with Gasteiger partial charge in [-0.25, -0.2) is 0 Å². The maximum Gasteiger partial charge on any atom is 0.258 e. The number of ether oxygens (including phenoxy) is 2. The first-order valence-electron chi connectivity index (χ1n) is 11.0. The van der Waals surface area contributed by atoms with Crippen molar-refractivity contribution < 1.29 is 19.1 Å². The highest BCUT2D eigenvalue weighted by atomic mass is 16.5. The molecule has 0 atom stereocenters. The number of aryl methyl sites for hydroxylation is 2. The number of carbonyl (C=O) groups is 2. The molecule has 1 aliphatic heterocycles. The summed E-state index contributed by atoms with van der Waals surface area (Å²) in [6, 6.07) is 15.6. The summed E-state index contributed by atoms with van der Waals surface area (Å²) in [6.07, 6.45) is 2.71. The number of nitrogens with one attached hydrogen (secondary N) is 1. The van der Waals surface area contributed by atoms with E-state index in [4.69, 9.17) is 9.47 Å². The van der Waals surface area contributed by atoms with Crippen LogP contribution in [0.3, 0.4) is 0 Å². The molecule has 166 valence electrons. The summed E-state index contributed by atoms with van der Waals surface area (Å²) in [7, 11) is 0. The van der Waals surface area contributed by atoms with Crippen LogP contribution < -0.4 is 14.8 Å². The standard InChI is InChI=1S/C25H32N2O4/c1-19-9-11-22(12-10-19)31-18-24(28)26-21-13-15-27(16-14-21)25(29)8-5-17-30-23-7-4-3-6-20(23)2/h3-4,6-7,9-12,21H,5,8,13-18H2,1-2H3,(H,26,28). The van der Waals surface area contributed by atoms with Crippen LogP contribution in [0.1, 0.15) is 36.8 Å². The minimum atomic E-state index is -0.126. The van der Waals surface area contributed by atoms with Crippen molar-refractivity contribution in [2.45, 2.75) is 45.6 Å². The van der Waals surface area contributed by atoms with Gasteiger partial charge in [0.2, 0.25) is 5.91 Å². The number of hydrogen-bond acceptors (Lipinski definition) is 4. The number of carbonyl (C=O) groups excluding carboxylic acids is 2. The van der Waals surface area contributed by atoms with E-state index in [1.807, 2.05) is 67.3 Å². The first-order chi connectivity index (χ1) is 15.0. The van der Waals surface area contributed by atoms with Crippen LogP contribution >= 0.6 is 0 Å². The second-order valence-corrected chi connectivity index (χ2v) is 8.04. The van der Waals surface area contributed by atoms with Gasteiger partial charge < -0.3 is 19.7 Å². The lowest BCUT2D eigenvalue weighted by Crippen LogP contribution is -2.47. The molecule has 0 aliphatic carbocycles. The van der Waals surface area contributed by atoms with Gasteiger partial charge in [-0.15, -0.1) is 0 Å². The largest absolute Gasteiger partial charge is 0.493 e. The maximum atomic E-state index is 12.5. The van der Waals surface area contributed by atoms with Gasteiger partial charge in [-0.1, -0.05) is 35.9 Å². The van der Waals surface area contributed by atoms with E-state index in [9.17, 15) is 9.59 Å². The topological polar surface area (TPSA) is 67.9 Å². The van der Waals surface area contributed by atoms with E-state index in [0.29, 0.717) is 38.3 Å². The summed E-state index contributed by atoms with van der Waals surface area (Å²) >= 11 is 0. The second kappa shape index (κ2) is 11.4. The van der Waals surface area contributed by atoms with Crippen LogP contribution in [0.2, 0.25) is 0 Å². The molecule has 0 aromatic heterocycles. The molecule has 1 heterocycles. The minimum Gasteiger partial charge on any atom is -0.493 e. The summed E-state index contributed by atoms with van der Waals surface area (Å²) in [6.45, 7) is 5.89. The molecule has 2 aromatic rings. The quantitative estimate of drug-likeness (QED) is 0.624. The van der Waals surface area contributed by atoms with Crippen LogP contribution in [-0.4, -0.2) is 49.1 Å². The van der Waals surface area contributed by atoms with Crippen LogP contribution in [-0.2, 0) is 9.59 Å². The van der Waals surface area contributed by atoms with E-state index in [1.54, 1.807) is 0 Å². The predicted octanol–water partition coefficient (Wildman–Crippen LogP) is 3.65. The number of para-hydroxylation sites is 1. The summed E-state index contributed by atoms with van der Waals surface area (Å²) in [5, 5.41) is 3.01. The number of nitrogens with zero attached hydrogens (tertiary/aromatic N) is 1. The van der Waals surface area contributed by atoms with E-state index in [1.165, 1.54) is 0 Å². The molecule has 2 amide bonds. The lowest BCUT2D eigenvalue weighted by molar-refractivity contribution is -0.132. The van der Waals surface area contributed by atoms with Crippen LogP contribution in [0.4, 0.5) is 0 Å². The van der Waals surface area contributed by atoms with Gasteiger partial charge in [0.05, 0.1) is 6.61 Å². The third-order valence-electron chi connectivity index (χ3n) is 5.49. The first-order valence-corrected chi connectivity index (χ1v) is 11.0. The van der Waals surface area contributed by atoms with Gasteiger partial charge in [0, 0.05) is 25.6 Å². The predicted molar refractivity (Wildman–Crippen MR) is 120 cm³/mol. The Hall–Kier alpha value is -3.02. The van der Waals surface area contributed by atoms with Crippen LogP contribution in [0.15, 0.2) is 48.5 Å². The molecular weight excluding hydrogens is 392 g/mol. The summed E-state index contributed by atoms with van der Waals surface area (Å²) in [5.74, 6) is 1.59. The van der Waals surface area contributed by atoms with Crippen molar-refractivity contribution in [3.8, 4) is 11.5 Å². The van der Waals surface area contributed by atoms with Crippen LogP contribution in [0, 0.1) is 13.8 Å². The minimum absolute atomic E-state index is 0.00307. The van der Waals surface area contributed by atoms with Crippen molar-refractivity contribution in [2.75, 3.05) is 26.3 Å². The Morgan fingerprint density at radius 3 is 2.42 bits per heavy atom.